The summed E-state index contributed by atoms with van der Waals surface area (Å²) in [5.41, 5.74) is 0.411. The lowest BCUT2D eigenvalue weighted by molar-refractivity contribution is 0.0792. The highest BCUT2D eigenvalue weighted by atomic mass is 32.2. The molecule has 0 aromatic heterocycles. The number of amides is 1. The van der Waals surface area contributed by atoms with Crippen LogP contribution in [0.2, 0.25) is 0 Å². The van der Waals surface area contributed by atoms with Gasteiger partial charge in [-0.05, 0) is 31.0 Å². The maximum Gasteiger partial charge on any atom is 0.253 e. The fourth-order valence-corrected chi connectivity index (χ4v) is 3.19. The number of sulfonamides is 1. The highest BCUT2D eigenvalue weighted by molar-refractivity contribution is 7.89. The normalized spacial score (nSPS) is 15.3. The Morgan fingerprint density at radius 2 is 2.05 bits per heavy atom. The topological polar surface area (TPSA) is 66.5 Å². The molecule has 1 aromatic rings. The van der Waals surface area contributed by atoms with Crippen LogP contribution in [-0.4, -0.2) is 38.9 Å². The van der Waals surface area contributed by atoms with Gasteiger partial charge in [0.1, 0.15) is 0 Å². The van der Waals surface area contributed by atoms with Crippen molar-refractivity contribution >= 4 is 15.9 Å². The molecule has 1 heterocycles. The van der Waals surface area contributed by atoms with Crippen LogP contribution in [0.3, 0.4) is 0 Å². The number of carbonyl (C=O) groups is 1. The second-order valence-corrected chi connectivity index (χ2v) is 6.43. The van der Waals surface area contributed by atoms with Gasteiger partial charge in [-0.25, -0.2) is 13.1 Å². The molecule has 1 aromatic carbocycles. The van der Waals surface area contributed by atoms with Gasteiger partial charge in [-0.2, -0.15) is 0 Å². The van der Waals surface area contributed by atoms with Crippen molar-refractivity contribution in [2.45, 2.75) is 17.7 Å². The molecule has 0 spiro atoms. The highest BCUT2D eigenvalue weighted by Gasteiger charge is 2.21. The minimum Gasteiger partial charge on any atom is -0.339 e. The molecular weight excluding hydrogens is 276 g/mol. The Morgan fingerprint density at radius 3 is 2.70 bits per heavy atom. The Kier molecular flexibility index (Phi) is 4.57. The molecule has 1 N–H and O–H groups in total. The number of rotatable bonds is 5. The van der Waals surface area contributed by atoms with Gasteiger partial charge in [0.2, 0.25) is 10.0 Å². The molecule has 1 aliphatic heterocycles. The van der Waals surface area contributed by atoms with E-state index in [0.717, 1.165) is 25.9 Å². The van der Waals surface area contributed by atoms with E-state index in [4.69, 9.17) is 0 Å². The van der Waals surface area contributed by atoms with Gasteiger partial charge in [0.25, 0.3) is 5.91 Å². The van der Waals surface area contributed by atoms with Crippen LogP contribution >= 0.6 is 0 Å². The third-order valence-corrected chi connectivity index (χ3v) is 4.62. The maximum absolute atomic E-state index is 12.2. The van der Waals surface area contributed by atoms with Gasteiger partial charge in [0, 0.05) is 25.2 Å². The van der Waals surface area contributed by atoms with Crippen LogP contribution in [0.5, 0.6) is 0 Å². The van der Waals surface area contributed by atoms with Gasteiger partial charge in [0.15, 0.2) is 0 Å². The summed E-state index contributed by atoms with van der Waals surface area (Å²) in [5, 5.41) is 0. The van der Waals surface area contributed by atoms with Gasteiger partial charge in [-0.1, -0.05) is 12.1 Å². The molecule has 0 bridgehead atoms. The fourth-order valence-electron chi connectivity index (χ4n) is 2.15. The maximum atomic E-state index is 12.2. The molecule has 6 heteroatoms. The quantitative estimate of drug-likeness (QED) is 0.834. The minimum atomic E-state index is -3.59. The van der Waals surface area contributed by atoms with Crippen molar-refractivity contribution in [3.05, 3.63) is 42.5 Å². The van der Waals surface area contributed by atoms with Gasteiger partial charge >= 0.3 is 0 Å². The Balaban J connectivity index is 2.23. The third kappa shape index (κ3) is 3.26. The van der Waals surface area contributed by atoms with Gasteiger partial charge in [-0.15, -0.1) is 6.58 Å². The second kappa shape index (κ2) is 6.19. The smallest absolute Gasteiger partial charge is 0.253 e. The number of nitrogens with zero attached hydrogens (tertiary/aromatic N) is 1. The summed E-state index contributed by atoms with van der Waals surface area (Å²) in [6.07, 6.45) is 3.48. The number of hydrogen-bond donors (Lipinski definition) is 1. The zero-order valence-corrected chi connectivity index (χ0v) is 12.0. The molecule has 2 rings (SSSR count). The summed E-state index contributed by atoms with van der Waals surface area (Å²) in [5.74, 6) is -0.108. The van der Waals surface area contributed by atoms with Crippen LogP contribution in [-0.2, 0) is 10.0 Å². The Labute approximate surface area is 119 Å². The molecule has 20 heavy (non-hydrogen) atoms. The van der Waals surface area contributed by atoms with Crippen LogP contribution in [0, 0.1) is 0 Å². The molecule has 1 amide bonds. The molecule has 1 fully saturated rings. The molecule has 0 saturated carbocycles. The lowest BCUT2D eigenvalue weighted by atomic mass is 10.2. The lowest BCUT2D eigenvalue weighted by Crippen LogP contribution is -2.28. The SMILES string of the molecule is C=CCNS(=O)(=O)c1cccc(C(=O)N2CCCC2)c1. The third-order valence-electron chi connectivity index (χ3n) is 3.20. The summed E-state index contributed by atoms with van der Waals surface area (Å²) in [6.45, 7) is 5.11. The molecule has 0 unspecified atom stereocenters. The first-order valence-corrected chi connectivity index (χ1v) is 8.03. The standard InChI is InChI=1S/C14H18N2O3S/c1-2-8-15-20(18,19)13-7-5-6-12(11-13)14(17)16-9-3-4-10-16/h2,5-7,11,15H,1,3-4,8-10H2. The van der Waals surface area contributed by atoms with Crippen molar-refractivity contribution in [2.75, 3.05) is 19.6 Å². The fraction of sp³-hybridized carbons (Fsp3) is 0.357. The van der Waals surface area contributed by atoms with Gasteiger partial charge in [-0.3, -0.25) is 4.79 Å². The number of hydrogen-bond acceptors (Lipinski definition) is 3. The van der Waals surface area contributed by atoms with E-state index in [-0.39, 0.29) is 17.3 Å². The monoisotopic (exact) mass is 294 g/mol. The zero-order valence-electron chi connectivity index (χ0n) is 11.2. The van der Waals surface area contributed by atoms with Crippen molar-refractivity contribution in [3.8, 4) is 0 Å². The largest absolute Gasteiger partial charge is 0.339 e. The van der Waals surface area contributed by atoms with Crippen LogP contribution in [0.15, 0.2) is 41.8 Å². The number of nitrogens with one attached hydrogen (secondary N) is 1. The van der Waals surface area contributed by atoms with Crippen LogP contribution < -0.4 is 4.72 Å². The molecule has 0 aliphatic carbocycles. The molecule has 0 atom stereocenters. The van der Waals surface area contributed by atoms with E-state index in [2.05, 4.69) is 11.3 Å². The average molecular weight is 294 g/mol. The first-order chi connectivity index (χ1) is 9.54. The van der Waals surface area contributed by atoms with Crippen LogP contribution in [0.4, 0.5) is 0 Å². The average Bonchev–Trinajstić information content (AvgIpc) is 2.99. The van der Waals surface area contributed by atoms with Crippen LogP contribution in [0.25, 0.3) is 0 Å². The number of carbonyl (C=O) groups excluding carboxylic acids is 1. The van der Waals surface area contributed by atoms with Crippen molar-refractivity contribution in [1.82, 2.24) is 9.62 Å². The van der Waals surface area contributed by atoms with Gasteiger partial charge in [0.05, 0.1) is 4.90 Å². The molecule has 1 saturated heterocycles. The summed E-state index contributed by atoms with van der Waals surface area (Å²) in [4.78, 5) is 14.1. The van der Waals surface area contributed by atoms with E-state index in [9.17, 15) is 13.2 Å². The number of benzene rings is 1. The lowest BCUT2D eigenvalue weighted by Gasteiger charge is -2.15. The summed E-state index contributed by atoms with van der Waals surface area (Å²) >= 11 is 0. The van der Waals surface area contributed by atoms with E-state index in [1.807, 2.05) is 0 Å². The summed E-state index contributed by atoms with van der Waals surface area (Å²) in [6, 6.07) is 6.14. The van der Waals surface area contributed by atoms with Crippen LogP contribution in [0.1, 0.15) is 23.2 Å². The van der Waals surface area contributed by atoms with Crippen molar-refractivity contribution in [2.24, 2.45) is 0 Å². The van der Waals surface area contributed by atoms with E-state index in [0.29, 0.717) is 5.56 Å². The Bertz CT molecular complexity index is 605. The Morgan fingerprint density at radius 1 is 1.35 bits per heavy atom. The molecule has 108 valence electrons. The van der Waals surface area contributed by atoms with Crippen molar-refractivity contribution < 1.29 is 13.2 Å². The second-order valence-electron chi connectivity index (χ2n) is 4.67. The first-order valence-electron chi connectivity index (χ1n) is 6.54. The van der Waals surface area contributed by atoms with Gasteiger partial charge < -0.3 is 4.90 Å². The first kappa shape index (κ1) is 14.7. The van der Waals surface area contributed by atoms with E-state index < -0.39 is 10.0 Å². The molecule has 1 aliphatic rings. The predicted molar refractivity (Wildman–Crippen MR) is 77.0 cm³/mol. The number of likely N-dealkylation sites (tertiary alicyclic amines) is 1. The summed E-state index contributed by atoms with van der Waals surface area (Å²) < 4.78 is 26.4. The molecule has 5 nitrogen and oxygen atoms in total. The van der Waals surface area contributed by atoms with E-state index >= 15 is 0 Å². The van der Waals surface area contributed by atoms with E-state index in [1.54, 1.807) is 17.0 Å². The Hall–Kier alpha value is -1.66. The molecular formula is C14H18N2O3S. The van der Waals surface area contributed by atoms with E-state index in [1.165, 1.54) is 18.2 Å². The molecule has 0 radical (unpaired) electrons. The van der Waals surface area contributed by atoms with Crippen molar-refractivity contribution in [3.63, 3.8) is 0 Å². The highest BCUT2D eigenvalue weighted by Crippen LogP contribution is 2.16. The summed E-state index contributed by atoms with van der Waals surface area (Å²) in [7, 11) is -3.59. The predicted octanol–water partition coefficient (Wildman–Crippen LogP) is 1.39. The minimum absolute atomic E-state index is 0.101. The zero-order chi connectivity index (χ0) is 14.6. The van der Waals surface area contributed by atoms with Crippen molar-refractivity contribution in [1.29, 1.82) is 0 Å².